The molecule has 3 unspecified atom stereocenters. The van der Waals surface area contributed by atoms with Crippen molar-refractivity contribution in [2.24, 2.45) is 11.8 Å². The van der Waals surface area contributed by atoms with Crippen LogP contribution in [0.15, 0.2) is 15.9 Å². The van der Waals surface area contributed by atoms with Crippen LogP contribution in [0, 0.1) is 11.8 Å². The van der Waals surface area contributed by atoms with Crippen LogP contribution in [0.4, 0.5) is 0 Å². The SMILES string of the molecule is CCNC(c1ccc(Br)s1)C1CCCCC1CC. The van der Waals surface area contributed by atoms with E-state index in [1.807, 2.05) is 11.3 Å². The number of halogens is 1. The van der Waals surface area contributed by atoms with Gasteiger partial charge in [0.05, 0.1) is 3.79 Å². The van der Waals surface area contributed by atoms with Gasteiger partial charge in [-0.3, -0.25) is 0 Å². The summed E-state index contributed by atoms with van der Waals surface area (Å²) in [7, 11) is 0. The summed E-state index contributed by atoms with van der Waals surface area (Å²) in [4.78, 5) is 1.51. The third-order valence-electron chi connectivity index (χ3n) is 4.24. The van der Waals surface area contributed by atoms with Crippen molar-refractivity contribution in [3.63, 3.8) is 0 Å². The Morgan fingerprint density at radius 1 is 1.33 bits per heavy atom. The van der Waals surface area contributed by atoms with Gasteiger partial charge in [0.1, 0.15) is 0 Å². The fourth-order valence-corrected chi connectivity index (χ4v) is 4.94. The van der Waals surface area contributed by atoms with Gasteiger partial charge < -0.3 is 5.32 Å². The molecule has 1 aliphatic carbocycles. The number of hydrogen-bond donors (Lipinski definition) is 1. The van der Waals surface area contributed by atoms with Crippen LogP contribution < -0.4 is 5.32 Å². The highest BCUT2D eigenvalue weighted by molar-refractivity contribution is 9.11. The molecule has 18 heavy (non-hydrogen) atoms. The van der Waals surface area contributed by atoms with Crippen LogP contribution in [0.2, 0.25) is 0 Å². The van der Waals surface area contributed by atoms with Crippen molar-refractivity contribution < 1.29 is 0 Å². The Hall–Kier alpha value is 0.140. The standard InChI is InChI=1S/C15H24BrNS/c1-3-11-7-5-6-8-12(11)15(17-4-2)13-9-10-14(16)18-13/h9-12,15,17H,3-8H2,1-2H3. The predicted molar refractivity (Wildman–Crippen MR) is 84.2 cm³/mol. The number of nitrogens with one attached hydrogen (secondary N) is 1. The first kappa shape index (κ1) is 14.5. The highest BCUT2D eigenvalue weighted by atomic mass is 79.9. The summed E-state index contributed by atoms with van der Waals surface area (Å²) < 4.78 is 1.25. The molecule has 1 aliphatic rings. The second-order valence-electron chi connectivity index (χ2n) is 5.29. The van der Waals surface area contributed by atoms with Crippen molar-refractivity contribution in [2.45, 2.75) is 52.0 Å². The molecule has 1 N–H and O–H groups in total. The average molecular weight is 330 g/mol. The van der Waals surface area contributed by atoms with Crippen molar-refractivity contribution in [2.75, 3.05) is 6.54 Å². The maximum Gasteiger partial charge on any atom is 0.0701 e. The number of hydrogen-bond acceptors (Lipinski definition) is 2. The highest BCUT2D eigenvalue weighted by Crippen LogP contribution is 2.42. The molecule has 0 aliphatic heterocycles. The molecule has 1 fully saturated rings. The van der Waals surface area contributed by atoms with Crippen LogP contribution >= 0.6 is 27.3 Å². The topological polar surface area (TPSA) is 12.0 Å². The molecule has 2 rings (SSSR count). The first-order chi connectivity index (χ1) is 8.76. The average Bonchev–Trinajstić information content (AvgIpc) is 2.82. The summed E-state index contributed by atoms with van der Waals surface area (Å²) in [5.74, 6) is 1.73. The molecule has 0 amide bonds. The highest BCUT2D eigenvalue weighted by Gasteiger charge is 2.31. The minimum atomic E-state index is 0.566. The van der Waals surface area contributed by atoms with Gasteiger partial charge in [-0.15, -0.1) is 11.3 Å². The van der Waals surface area contributed by atoms with E-state index in [2.05, 4.69) is 47.2 Å². The molecule has 0 radical (unpaired) electrons. The molecular formula is C15H24BrNS. The molecular weight excluding hydrogens is 306 g/mol. The van der Waals surface area contributed by atoms with E-state index in [1.165, 1.54) is 40.8 Å². The lowest BCUT2D eigenvalue weighted by Gasteiger charge is -2.37. The smallest absolute Gasteiger partial charge is 0.0701 e. The van der Waals surface area contributed by atoms with Crippen molar-refractivity contribution >= 4 is 27.3 Å². The van der Waals surface area contributed by atoms with Crippen LogP contribution in [0.1, 0.15) is 56.9 Å². The van der Waals surface area contributed by atoms with Crippen LogP contribution in [0.25, 0.3) is 0 Å². The summed E-state index contributed by atoms with van der Waals surface area (Å²) in [5, 5.41) is 3.74. The zero-order chi connectivity index (χ0) is 13.0. The van der Waals surface area contributed by atoms with Gasteiger partial charge in [0.15, 0.2) is 0 Å². The van der Waals surface area contributed by atoms with Gasteiger partial charge in [0, 0.05) is 10.9 Å². The Labute approximate surface area is 123 Å². The maximum absolute atomic E-state index is 3.74. The van der Waals surface area contributed by atoms with Crippen molar-refractivity contribution in [1.82, 2.24) is 5.32 Å². The number of thiophene rings is 1. The van der Waals surface area contributed by atoms with E-state index in [4.69, 9.17) is 0 Å². The fourth-order valence-electron chi connectivity index (χ4n) is 3.36. The monoisotopic (exact) mass is 329 g/mol. The summed E-state index contributed by atoms with van der Waals surface area (Å²) in [5.41, 5.74) is 0. The molecule has 0 aromatic carbocycles. The van der Waals surface area contributed by atoms with E-state index < -0.39 is 0 Å². The summed E-state index contributed by atoms with van der Waals surface area (Å²) in [6, 6.07) is 5.05. The fraction of sp³-hybridized carbons (Fsp3) is 0.733. The first-order valence-electron chi connectivity index (χ1n) is 7.24. The lowest BCUT2D eigenvalue weighted by molar-refractivity contribution is 0.178. The van der Waals surface area contributed by atoms with Gasteiger partial charge >= 0.3 is 0 Å². The molecule has 1 saturated carbocycles. The molecule has 1 heterocycles. The zero-order valence-electron chi connectivity index (χ0n) is 11.4. The second kappa shape index (κ2) is 7.06. The Morgan fingerprint density at radius 2 is 2.11 bits per heavy atom. The van der Waals surface area contributed by atoms with E-state index in [-0.39, 0.29) is 0 Å². The van der Waals surface area contributed by atoms with Gasteiger partial charge in [-0.25, -0.2) is 0 Å². The van der Waals surface area contributed by atoms with Crippen molar-refractivity contribution in [3.05, 3.63) is 20.8 Å². The second-order valence-corrected chi connectivity index (χ2v) is 7.79. The lowest BCUT2D eigenvalue weighted by Crippen LogP contribution is -2.33. The minimum Gasteiger partial charge on any atom is -0.309 e. The Morgan fingerprint density at radius 3 is 2.72 bits per heavy atom. The minimum absolute atomic E-state index is 0.566. The third kappa shape index (κ3) is 3.37. The molecule has 1 aromatic rings. The first-order valence-corrected chi connectivity index (χ1v) is 8.85. The number of rotatable bonds is 5. The van der Waals surface area contributed by atoms with Crippen LogP contribution in [-0.2, 0) is 0 Å². The quantitative estimate of drug-likeness (QED) is 0.764. The molecule has 3 heteroatoms. The van der Waals surface area contributed by atoms with Gasteiger partial charge in [-0.2, -0.15) is 0 Å². The lowest BCUT2D eigenvalue weighted by atomic mass is 9.73. The molecule has 1 nitrogen and oxygen atoms in total. The summed E-state index contributed by atoms with van der Waals surface area (Å²) in [6.07, 6.45) is 7.00. The van der Waals surface area contributed by atoms with Crippen LogP contribution in [0.3, 0.4) is 0 Å². The molecule has 0 bridgehead atoms. The van der Waals surface area contributed by atoms with E-state index in [0.717, 1.165) is 18.4 Å². The van der Waals surface area contributed by atoms with Crippen LogP contribution in [0.5, 0.6) is 0 Å². The van der Waals surface area contributed by atoms with Gasteiger partial charge in [0.2, 0.25) is 0 Å². The third-order valence-corrected chi connectivity index (χ3v) is 5.95. The van der Waals surface area contributed by atoms with Crippen molar-refractivity contribution in [1.29, 1.82) is 0 Å². The molecule has 3 atom stereocenters. The normalized spacial score (nSPS) is 26.2. The van der Waals surface area contributed by atoms with Crippen molar-refractivity contribution in [3.8, 4) is 0 Å². The molecule has 0 spiro atoms. The Balaban J connectivity index is 2.17. The van der Waals surface area contributed by atoms with Gasteiger partial charge in [-0.05, 0) is 52.9 Å². The molecule has 0 saturated heterocycles. The largest absolute Gasteiger partial charge is 0.309 e. The van der Waals surface area contributed by atoms with Gasteiger partial charge in [-0.1, -0.05) is 39.5 Å². The van der Waals surface area contributed by atoms with E-state index in [0.29, 0.717) is 6.04 Å². The van der Waals surface area contributed by atoms with E-state index in [1.54, 1.807) is 0 Å². The van der Waals surface area contributed by atoms with Crippen LogP contribution in [-0.4, -0.2) is 6.54 Å². The molecule has 102 valence electrons. The zero-order valence-corrected chi connectivity index (χ0v) is 13.8. The molecule has 1 aromatic heterocycles. The van der Waals surface area contributed by atoms with E-state index >= 15 is 0 Å². The predicted octanol–water partition coefficient (Wildman–Crippen LogP) is 5.38. The Bertz CT molecular complexity index is 363. The van der Waals surface area contributed by atoms with E-state index in [9.17, 15) is 0 Å². The maximum atomic E-state index is 3.74. The Kier molecular flexibility index (Phi) is 5.71. The van der Waals surface area contributed by atoms with Gasteiger partial charge in [0.25, 0.3) is 0 Å². The summed E-state index contributed by atoms with van der Waals surface area (Å²) in [6.45, 7) is 5.64. The summed E-state index contributed by atoms with van der Waals surface area (Å²) >= 11 is 5.49.